The van der Waals surface area contributed by atoms with Gasteiger partial charge in [-0.1, -0.05) is 67.3 Å². The lowest BCUT2D eigenvalue weighted by Gasteiger charge is -2.04. The minimum Gasteiger partial charge on any atom is -0.257 e. The Labute approximate surface area is 126 Å². The van der Waals surface area contributed by atoms with E-state index in [4.69, 9.17) is 0 Å². The number of rotatable bonds is 6. The monoisotopic (exact) mass is 329 g/mol. The van der Waals surface area contributed by atoms with Gasteiger partial charge in [0.2, 0.25) is 15.2 Å². The van der Waals surface area contributed by atoms with Gasteiger partial charge in [-0.15, -0.1) is 10.2 Å². The average Bonchev–Trinajstić information content (AvgIpc) is 2.75. The van der Waals surface area contributed by atoms with E-state index in [0.29, 0.717) is 10.4 Å². The van der Waals surface area contributed by atoms with Crippen LogP contribution < -0.4 is 4.72 Å². The molecule has 108 valence electrons. The summed E-state index contributed by atoms with van der Waals surface area (Å²) in [4.78, 5) is 0. The number of thioether (sulfide) groups is 1. The summed E-state index contributed by atoms with van der Waals surface area (Å²) in [6.07, 6.45) is 0. The van der Waals surface area contributed by atoms with Crippen molar-refractivity contribution in [3.63, 3.8) is 0 Å². The standard InChI is InChI=1S/C12H15N3O2S3/c1-9(2)18-12-14-13-11(19-12)15-20(16,17)8-10-6-4-3-5-7-10/h3-7,9H,8H2,1-2H3,(H,13,15). The van der Waals surface area contributed by atoms with E-state index in [9.17, 15) is 8.42 Å². The van der Waals surface area contributed by atoms with E-state index >= 15 is 0 Å². The summed E-state index contributed by atoms with van der Waals surface area (Å²) in [7, 11) is -3.45. The van der Waals surface area contributed by atoms with Crippen LogP contribution in [0.25, 0.3) is 0 Å². The SMILES string of the molecule is CC(C)Sc1nnc(NS(=O)(=O)Cc2ccccc2)s1. The van der Waals surface area contributed by atoms with Crippen LogP contribution in [0.4, 0.5) is 5.13 Å². The van der Waals surface area contributed by atoms with Crippen LogP contribution in [0.1, 0.15) is 19.4 Å². The highest BCUT2D eigenvalue weighted by atomic mass is 32.2. The zero-order valence-corrected chi connectivity index (χ0v) is 13.6. The van der Waals surface area contributed by atoms with Crippen molar-refractivity contribution in [2.75, 3.05) is 4.72 Å². The summed E-state index contributed by atoms with van der Waals surface area (Å²) in [6, 6.07) is 9.03. The van der Waals surface area contributed by atoms with E-state index < -0.39 is 10.0 Å². The van der Waals surface area contributed by atoms with Crippen molar-refractivity contribution in [3.05, 3.63) is 35.9 Å². The van der Waals surface area contributed by atoms with E-state index in [-0.39, 0.29) is 5.75 Å². The third-order valence-corrected chi connectivity index (χ3v) is 5.46. The van der Waals surface area contributed by atoms with Crippen molar-refractivity contribution < 1.29 is 8.42 Å². The summed E-state index contributed by atoms with van der Waals surface area (Å²) >= 11 is 2.81. The number of hydrogen-bond acceptors (Lipinski definition) is 6. The molecule has 0 aliphatic heterocycles. The molecule has 0 unspecified atom stereocenters. The van der Waals surface area contributed by atoms with E-state index in [0.717, 1.165) is 9.90 Å². The molecule has 0 aliphatic carbocycles. The maximum atomic E-state index is 12.0. The molecule has 2 rings (SSSR count). The van der Waals surface area contributed by atoms with Gasteiger partial charge < -0.3 is 0 Å². The maximum absolute atomic E-state index is 12.0. The zero-order valence-electron chi connectivity index (χ0n) is 11.1. The largest absolute Gasteiger partial charge is 0.257 e. The molecule has 0 spiro atoms. The molecule has 1 heterocycles. The van der Waals surface area contributed by atoms with Crippen LogP contribution in [-0.2, 0) is 15.8 Å². The number of sulfonamides is 1. The van der Waals surface area contributed by atoms with Crippen LogP contribution in [-0.4, -0.2) is 23.9 Å². The lowest BCUT2D eigenvalue weighted by atomic mass is 10.2. The molecule has 0 bridgehead atoms. The number of benzene rings is 1. The molecule has 0 radical (unpaired) electrons. The molecule has 1 N–H and O–H groups in total. The fourth-order valence-electron chi connectivity index (χ4n) is 1.46. The summed E-state index contributed by atoms with van der Waals surface area (Å²) in [6.45, 7) is 4.09. The van der Waals surface area contributed by atoms with Crippen molar-refractivity contribution in [1.29, 1.82) is 0 Å². The smallest absolute Gasteiger partial charge is 0.238 e. The first-order valence-corrected chi connectivity index (χ1v) is 9.34. The van der Waals surface area contributed by atoms with Crippen molar-refractivity contribution in [3.8, 4) is 0 Å². The minimum atomic E-state index is -3.45. The second-order valence-electron chi connectivity index (χ2n) is 4.39. The number of hydrogen-bond donors (Lipinski definition) is 1. The molecule has 1 aromatic heterocycles. The van der Waals surface area contributed by atoms with Crippen LogP contribution in [0.5, 0.6) is 0 Å². The Bertz CT molecular complexity index is 654. The summed E-state index contributed by atoms with van der Waals surface area (Å²) < 4.78 is 27.3. The van der Waals surface area contributed by atoms with Crippen molar-refractivity contribution in [2.45, 2.75) is 29.2 Å². The molecule has 0 fully saturated rings. The average molecular weight is 329 g/mol. The topological polar surface area (TPSA) is 72.0 Å². The summed E-state index contributed by atoms with van der Waals surface area (Å²) in [5.74, 6) is -0.0694. The second-order valence-corrected chi connectivity index (χ2v) is 8.91. The first kappa shape index (κ1) is 15.3. The number of aromatic nitrogens is 2. The molecule has 0 amide bonds. The van der Waals surface area contributed by atoms with Crippen molar-refractivity contribution in [2.24, 2.45) is 0 Å². The Balaban J connectivity index is 2.03. The fraction of sp³-hybridized carbons (Fsp3) is 0.333. The highest BCUT2D eigenvalue weighted by molar-refractivity contribution is 8.01. The van der Waals surface area contributed by atoms with Crippen LogP contribution in [0, 0.1) is 0 Å². The van der Waals surface area contributed by atoms with Gasteiger partial charge >= 0.3 is 0 Å². The Morgan fingerprint density at radius 2 is 1.95 bits per heavy atom. The highest BCUT2D eigenvalue weighted by Crippen LogP contribution is 2.29. The molecule has 0 aliphatic rings. The number of anilines is 1. The third-order valence-electron chi connectivity index (χ3n) is 2.19. The molecule has 0 atom stereocenters. The van der Waals surface area contributed by atoms with Crippen LogP contribution in [0.3, 0.4) is 0 Å². The highest BCUT2D eigenvalue weighted by Gasteiger charge is 2.15. The maximum Gasteiger partial charge on any atom is 0.238 e. The van der Waals surface area contributed by atoms with Crippen molar-refractivity contribution >= 4 is 38.3 Å². The van der Waals surface area contributed by atoms with Gasteiger partial charge in [-0.3, -0.25) is 4.72 Å². The minimum absolute atomic E-state index is 0.0694. The van der Waals surface area contributed by atoms with Crippen LogP contribution >= 0.6 is 23.1 Å². The summed E-state index contributed by atoms with van der Waals surface area (Å²) in [5.41, 5.74) is 0.737. The molecule has 8 heteroatoms. The second kappa shape index (κ2) is 6.55. The first-order valence-electron chi connectivity index (χ1n) is 5.99. The van der Waals surface area contributed by atoms with Gasteiger partial charge in [0.15, 0.2) is 4.34 Å². The van der Waals surface area contributed by atoms with Crippen molar-refractivity contribution in [1.82, 2.24) is 10.2 Å². The van der Waals surface area contributed by atoms with Gasteiger partial charge in [0, 0.05) is 5.25 Å². The molecular formula is C12H15N3O2S3. The van der Waals surface area contributed by atoms with E-state index in [1.807, 2.05) is 32.0 Å². The Kier molecular flexibility index (Phi) is 5.00. The first-order chi connectivity index (χ1) is 9.44. The van der Waals surface area contributed by atoms with Crippen LogP contribution in [0.2, 0.25) is 0 Å². The molecule has 1 aromatic carbocycles. The predicted molar refractivity (Wildman–Crippen MR) is 83.6 cm³/mol. The van der Waals surface area contributed by atoms with E-state index in [1.165, 1.54) is 11.3 Å². The predicted octanol–water partition coefficient (Wildman–Crippen LogP) is 2.98. The summed E-state index contributed by atoms with van der Waals surface area (Å²) in [5, 5.41) is 8.50. The zero-order chi connectivity index (χ0) is 14.6. The fourth-order valence-corrected chi connectivity index (χ4v) is 4.85. The molecule has 20 heavy (non-hydrogen) atoms. The number of nitrogens with zero attached hydrogens (tertiary/aromatic N) is 2. The van der Waals surface area contributed by atoms with E-state index in [2.05, 4.69) is 14.9 Å². The Morgan fingerprint density at radius 1 is 1.25 bits per heavy atom. The quantitative estimate of drug-likeness (QED) is 0.825. The molecular weight excluding hydrogens is 314 g/mol. The van der Waals surface area contributed by atoms with Gasteiger partial charge in [-0.25, -0.2) is 8.42 Å². The Morgan fingerprint density at radius 3 is 2.60 bits per heavy atom. The van der Waals surface area contributed by atoms with Gasteiger partial charge in [-0.2, -0.15) is 0 Å². The number of nitrogens with one attached hydrogen (secondary N) is 1. The van der Waals surface area contributed by atoms with Crippen LogP contribution in [0.15, 0.2) is 34.7 Å². The lowest BCUT2D eigenvalue weighted by Crippen LogP contribution is -2.14. The molecule has 2 aromatic rings. The normalized spacial score (nSPS) is 11.8. The molecule has 5 nitrogen and oxygen atoms in total. The third kappa shape index (κ3) is 4.77. The molecule has 0 saturated heterocycles. The van der Waals surface area contributed by atoms with Gasteiger partial charge in [0.05, 0.1) is 5.75 Å². The van der Waals surface area contributed by atoms with E-state index in [1.54, 1.807) is 23.9 Å². The van der Waals surface area contributed by atoms with Gasteiger partial charge in [-0.05, 0) is 5.56 Å². The van der Waals surface area contributed by atoms with Gasteiger partial charge in [0.25, 0.3) is 0 Å². The molecule has 0 saturated carbocycles. The lowest BCUT2D eigenvalue weighted by molar-refractivity contribution is 0.600. The Hall–Kier alpha value is -1.12. The van der Waals surface area contributed by atoms with Gasteiger partial charge in [0.1, 0.15) is 0 Å².